The highest BCUT2D eigenvalue weighted by Crippen LogP contribution is 2.30. The van der Waals surface area contributed by atoms with Crippen molar-refractivity contribution >= 4 is 0 Å². The van der Waals surface area contributed by atoms with Crippen LogP contribution >= 0.6 is 0 Å². The van der Waals surface area contributed by atoms with Gasteiger partial charge in [0.2, 0.25) is 5.89 Å². The molecule has 6 nitrogen and oxygen atoms in total. The van der Waals surface area contributed by atoms with E-state index in [-0.39, 0.29) is 0 Å². The summed E-state index contributed by atoms with van der Waals surface area (Å²) in [4.78, 5) is 3.96. The zero-order chi connectivity index (χ0) is 12.9. The van der Waals surface area contributed by atoms with Gasteiger partial charge in [-0.15, -0.1) is 0 Å². The number of nitrogens with zero attached hydrogens (tertiary/aromatic N) is 2. The molecule has 1 aromatic heterocycles. The first-order chi connectivity index (χ1) is 9.42. The van der Waals surface area contributed by atoms with Crippen LogP contribution in [0.5, 0.6) is 11.5 Å². The van der Waals surface area contributed by atoms with Gasteiger partial charge in [0.1, 0.15) is 13.2 Å². The Hall–Kier alpha value is -2.08. The minimum Gasteiger partial charge on any atom is -0.486 e. The smallest absolute Gasteiger partial charge is 0.227 e. The fourth-order valence-corrected chi connectivity index (χ4v) is 1.93. The number of benzene rings is 1. The molecule has 100 valence electrons. The second kappa shape index (κ2) is 5.71. The molecule has 1 aliphatic heterocycles. The number of nitrogens with one attached hydrogen (secondary N) is 1. The maximum absolute atomic E-state index is 5.54. The third-order valence-corrected chi connectivity index (χ3v) is 2.86. The minimum atomic E-state index is 0.612. The van der Waals surface area contributed by atoms with Crippen LogP contribution in [-0.4, -0.2) is 29.9 Å². The van der Waals surface area contributed by atoms with Crippen molar-refractivity contribution in [3.63, 3.8) is 0 Å². The molecule has 1 N–H and O–H groups in total. The highest BCUT2D eigenvalue weighted by atomic mass is 16.6. The van der Waals surface area contributed by atoms with E-state index in [4.69, 9.17) is 14.0 Å². The van der Waals surface area contributed by atoms with Crippen LogP contribution < -0.4 is 14.8 Å². The maximum atomic E-state index is 5.54. The Kier molecular flexibility index (Phi) is 3.60. The highest BCUT2D eigenvalue weighted by Gasteiger charge is 2.11. The quantitative estimate of drug-likeness (QED) is 0.815. The van der Waals surface area contributed by atoms with Crippen LogP contribution in [0.3, 0.4) is 0 Å². The predicted molar refractivity (Wildman–Crippen MR) is 67.1 cm³/mol. The molecule has 1 aromatic carbocycles. The molecule has 19 heavy (non-hydrogen) atoms. The first kappa shape index (κ1) is 12.0. The van der Waals surface area contributed by atoms with Gasteiger partial charge < -0.3 is 19.3 Å². The number of aromatic nitrogens is 2. The van der Waals surface area contributed by atoms with Gasteiger partial charge in [0.05, 0.1) is 0 Å². The van der Waals surface area contributed by atoms with E-state index in [1.807, 2.05) is 18.2 Å². The van der Waals surface area contributed by atoms with Crippen LogP contribution in [0, 0.1) is 0 Å². The Morgan fingerprint density at radius 2 is 2.05 bits per heavy atom. The Balaban J connectivity index is 1.50. The molecule has 0 amide bonds. The summed E-state index contributed by atoms with van der Waals surface area (Å²) in [5, 5.41) is 6.89. The zero-order valence-corrected chi connectivity index (χ0v) is 10.5. The molecule has 2 heterocycles. The summed E-state index contributed by atoms with van der Waals surface area (Å²) >= 11 is 0. The lowest BCUT2D eigenvalue weighted by Gasteiger charge is -2.18. The standard InChI is InChI=1S/C13H15N3O3/c1-2-11-12(18-6-5-17-11)7-10(1)8-14-4-3-13-15-9-16-19-13/h1-2,7,9,14H,3-6,8H2. The lowest BCUT2D eigenvalue weighted by atomic mass is 10.2. The Bertz CT molecular complexity index is 528. The van der Waals surface area contributed by atoms with E-state index in [1.54, 1.807) is 0 Å². The van der Waals surface area contributed by atoms with Gasteiger partial charge in [-0.25, -0.2) is 0 Å². The fraction of sp³-hybridized carbons (Fsp3) is 0.385. The third-order valence-electron chi connectivity index (χ3n) is 2.86. The molecule has 0 aliphatic carbocycles. The van der Waals surface area contributed by atoms with E-state index in [1.165, 1.54) is 6.33 Å². The molecule has 0 bridgehead atoms. The summed E-state index contributed by atoms with van der Waals surface area (Å²) in [6.07, 6.45) is 2.14. The van der Waals surface area contributed by atoms with Gasteiger partial charge in [0.15, 0.2) is 17.8 Å². The Morgan fingerprint density at radius 3 is 2.89 bits per heavy atom. The molecule has 2 aromatic rings. The molecule has 0 saturated carbocycles. The molecule has 0 unspecified atom stereocenters. The van der Waals surface area contributed by atoms with Crippen molar-refractivity contribution in [2.45, 2.75) is 13.0 Å². The van der Waals surface area contributed by atoms with Crippen LogP contribution in [0.4, 0.5) is 0 Å². The predicted octanol–water partition coefficient (Wildman–Crippen LogP) is 1.17. The van der Waals surface area contributed by atoms with Crippen molar-refractivity contribution < 1.29 is 14.0 Å². The third kappa shape index (κ3) is 3.03. The molecule has 0 atom stereocenters. The second-order valence-corrected chi connectivity index (χ2v) is 4.24. The molecule has 1 aliphatic rings. The summed E-state index contributed by atoms with van der Waals surface area (Å²) in [6, 6.07) is 5.99. The molecule has 0 saturated heterocycles. The molecule has 0 radical (unpaired) electrons. The number of rotatable bonds is 5. The van der Waals surface area contributed by atoms with Gasteiger partial charge in [-0.1, -0.05) is 11.2 Å². The van der Waals surface area contributed by atoms with Gasteiger partial charge in [-0.2, -0.15) is 4.98 Å². The number of fused-ring (bicyclic) bond motifs is 1. The first-order valence-electron chi connectivity index (χ1n) is 6.26. The van der Waals surface area contributed by atoms with Crippen LogP contribution in [-0.2, 0) is 13.0 Å². The van der Waals surface area contributed by atoms with Crippen molar-refractivity contribution in [1.29, 1.82) is 0 Å². The molecular weight excluding hydrogens is 246 g/mol. The van der Waals surface area contributed by atoms with Crippen molar-refractivity contribution in [3.05, 3.63) is 36.0 Å². The van der Waals surface area contributed by atoms with Gasteiger partial charge in [0.25, 0.3) is 0 Å². The summed E-state index contributed by atoms with van der Waals surface area (Å²) in [5.41, 5.74) is 1.16. The Labute approximate surface area is 110 Å². The normalized spacial score (nSPS) is 13.5. The van der Waals surface area contributed by atoms with Gasteiger partial charge in [-0.3, -0.25) is 0 Å². The second-order valence-electron chi connectivity index (χ2n) is 4.24. The minimum absolute atomic E-state index is 0.612. The fourth-order valence-electron chi connectivity index (χ4n) is 1.93. The molecule has 0 fully saturated rings. The number of ether oxygens (including phenoxy) is 2. The molecule has 0 spiro atoms. The summed E-state index contributed by atoms with van der Waals surface area (Å²) < 4.78 is 15.9. The van der Waals surface area contributed by atoms with Crippen molar-refractivity contribution in [3.8, 4) is 11.5 Å². The van der Waals surface area contributed by atoms with E-state index in [2.05, 4.69) is 15.5 Å². The largest absolute Gasteiger partial charge is 0.486 e. The maximum Gasteiger partial charge on any atom is 0.227 e. The number of hydrogen-bond donors (Lipinski definition) is 1. The van der Waals surface area contributed by atoms with E-state index < -0.39 is 0 Å². The van der Waals surface area contributed by atoms with E-state index in [9.17, 15) is 0 Å². The topological polar surface area (TPSA) is 69.4 Å². The number of hydrogen-bond acceptors (Lipinski definition) is 6. The van der Waals surface area contributed by atoms with Gasteiger partial charge >= 0.3 is 0 Å². The van der Waals surface area contributed by atoms with Crippen LogP contribution in [0.15, 0.2) is 29.0 Å². The molecule has 6 heteroatoms. The lowest BCUT2D eigenvalue weighted by molar-refractivity contribution is 0.171. The molecule has 3 rings (SSSR count). The highest BCUT2D eigenvalue weighted by molar-refractivity contribution is 5.43. The van der Waals surface area contributed by atoms with Gasteiger partial charge in [-0.05, 0) is 17.7 Å². The van der Waals surface area contributed by atoms with E-state index in [0.717, 1.165) is 36.6 Å². The zero-order valence-electron chi connectivity index (χ0n) is 10.5. The van der Waals surface area contributed by atoms with Crippen molar-refractivity contribution in [1.82, 2.24) is 15.5 Å². The Morgan fingerprint density at radius 1 is 1.16 bits per heavy atom. The van der Waals surface area contributed by atoms with Crippen molar-refractivity contribution in [2.24, 2.45) is 0 Å². The SMILES string of the molecule is c1noc(CCNCc2ccc3c(c2)OCCO3)n1. The molecular formula is C13H15N3O3. The van der Waals surface area contributed by atoms with Crippen LogP contribution in [0.2, 0.25) is 0 Å². The van der Waals surface area contributed by atoms with Crippen molar-refractivity contribution in [2.75, 3.05) is 19.8 Å². The first-order valence-corrected chi connectivity index (χ1v) is 6.26. The van der Waals surface area contributed by atoms with E-state index in [0.29, 0.717) is 19.1 Å². The summed E-state index contributed by atoms with van der Waals surface area (Å²) in [7, 11) is 0. The van der Waals surface area contributed by atoms with E-state index >= 15 is 0 Å². The average Bonchev–Trinajstić information content (AvgIpc) is 2.97. The van der Waals surface area contributed by atoms with Gasteiger partial charge in [0, 0.05) is 19.5 Å². The summed E-state index contributed by atoms with van der Waals surface area (Å²) in [6.45, 7) is 2.79. The monoisotopic (exact) mass is 261 g/mol. The summed E-state index contributed by atoms with van der Waals surface area (Å²) in [5.74, 6) is 2.29. The van der Waals surface area contributed by atoms with Crippen LogP contribution in [0.25, 0.3) is 0 Å². The average molecular weight is 261 g/mol. The lowest BCUT2D eigenvalue weighted by Crippen LogP contribution is -2.18. The van der Waals surface area contributed by atoms with Crippen LogP contribution in [0.1, 0.15) is 11.5 Å².